The third-order valence-electron chi connectivity index (χ3n) is 6.41. The predicted molar refractivity (Wildman–Crippen MR) is 133 cm³/mol. The minimum absolute atomic E-state index is 0.00394. The number of halogens is 2. The van der Waals surface area contributed by atoms with Crippen LogP contribution in [0.15, 0.2) is 36.7 Å². The zero-order valence-electron chi connectivity index (χ0n) is 20.2. The van der Waals surface area contributed by atoms with E-state index in [9.17, 15) is 8.78 Å². The fourth-order valence-electron chi connectivity index (χ4n) is 4.68. The van der Waals surface area contributed by atoms with Crippen molar-refractivity contribution in [1.82, 2.24) is 29.8 Å². The van der Waals surface area contributed by atoms with E-state index in [0.717, 1.165) is 31.4 Å². The number of nitrogens with zero attached hydrogens (tertiary/aromatic N) is 6. The molecule has 35 heavy (non-hydrogen) atoms. The van der Waals surface area contributed by atoms with Crippen LogP contribution in [0.3, 0.4) is 0 Å². The summed E-state index contributed by atoms with van der Waals surface area (Å²) in [6.45, 7) is 7.72. The molecule has 0 spiro atoms. The maximum Gasteiger partial charge on any atom is 0.229 e. The second-order valence-electron chi connectivity index (χ2n) is 9.09. The molecule has 0 aliphatic carbocycles. The highest BCUT2D eigenvalue weighted by atomic mass is 19.1. The lowest BCUT2D eigenvalue weighted by Crippen LogP contribution is -2.29. The number of anilines is 3. The van der Waals surface area contributed by atoms with Crippen molar-refractivity contribution in [1.29, 1.82) is 0 Å². The molecule has 1 saturated heterocycles. The van der Waals surface area contributed by atoms with Crippen LogP contribution in [0.5, 0.6) is 0 Å². The smallest absolute Gasteiger partial charge is 0.229 e. The van der Waals surface area contributed by atoms with Gasteiger partial charge < -0.3 is 20.1 Å². The Hall–Kier alpha value is -3.66. The molecular weight excluding hydrogens is 450 g/mol. The molecule has 1 aliphatic rings. The molecular formula is C25H28F2N8. The molecule has 10 heteroatoms. The summed E-state index contributed by atoms with van der Waals surface area (Å²) in [4.78, 5) is 19.5. The van der Waals surface area contributed by atoms with Crippen molar-refractivity contribution < 1.29 is 8.78 Å². The van der Waals surface area contributed by atoms with Gasteiger partial charge in [0.25, 0.3) is 0 Å². The van der Waals surface area contributed by atoms with Crippen molar-refractivity contribution in [2.24, 2.45) is 0 Å². The Kier molecular flexibility index (Phi) is 6.06. The highest BCUT2D eigenvalue weighted by Gasteiger charge is 2.21. The molecule has 1 atom stereocenters. The third-order valence-corrected chi connectivity index (χ3v) is 6.41. The number of hydrogen-bond acceptors (Lipinski definition) is 7. The number of aryl methyl sites for hydroxylation is 1. The normalized spacial score (nSPS) is 16.0. The third kappa shape index (κ3) is 4.41. The van der Waals surface area contributed by atoms with E-state index < -0.39 is 11.6 Å². The second kappa shape index (κ2) is 9.18. The molecule has 182 valence electrons. The lowest BCUT2D eigenvalue weighted by atomic mass is 10.1. The average Bonchev–Trinajstić information content (AvgIpc) is 3.45. The summed E-state index contributed by atoms with van der Waals surface area (Å²) in [5.41, 5.74) is 2.21. The van der Waals surface area contributed by atoms with E-state index >= 15 is 0 Å². The molecule has 0 saturated carbocycles. The minimum atomic E-state index is -0.641. The van der Waals surface area contributed by atoms with Crippen LogP contribution < -0.4 is 15.5 Å². The van der Waals surface area contributed by atoms with Crippen molar-refractivity contribution in [3.05, 3.63) is 54.1 Å². The van der Waals surface area contributed by atoms with Gasteiger partial charge in [0.2, 0.25) is 5.95 Å². The van der Waals surface area contributed by atoms with Crippen molar-refractivity contribution in [3.8, 4) is 11.3 Å². The first-order valence-electron chi connectivity index (χ1n) is 11.7. The molecule has 1 aromatic carbocycles. The van der Waals surface area contributed by atoms with Crippen molar-refractivity contribution >= 4 is 28.5 Å². The lowest BCUT2D eigenvalue weighted by molar-refractivity contribution is 0.600. The van der Waals surface area contributed by atoms with Crippen LogP contribution in [0.1, 0.15) is 32.1 Å². The summed E-state index contributed by atoms with van der Waals surface area (Å²) < 4.78 is 31.6. The number of imidazole rings is 1. The highest BCUT2D eigenvalue weighted by Crippen LogP contribution is 2.30. The molecule has 3 aromatic heterocycles. The Labute approximate surface area is 202 Å². The number of nitrogens with one attached hydrogen (secondary N) is 2. The molecule has 2 N–H and O–H groups in total. The van der Waals surface area contributed by atoms with Gasteiger partial charge in [-0.05, 0) is 58.5 Å². The molecule has 0 bridgehead atoms. The number of aromatic nitrogens is 5. The number of rotatable bonds is 6. The fourth-order valence-corrected chi connectivity index (χ4v) is 4.68. The number of likely N-dealkylation sites (N-methyl/N-ethyl adjacent to an activating group) is 1. The molecule has 0 amide bonds. The van der Waals surface area contributed by atoms with Gasteiger partial charge in [-0.2, -0.15) is 0 Å². The van der Waals surface area contributed by atoms with E-state index in [1.54, 1.807) is 12.3 Å². The Balaban J connectivity index is 1.43. The van der Waals surface area contributed by atoms with E-state index in [2.05, 4.69) is 35.5 Å². The van der Waals surface area contributed by atoms with Crippen LogP contribution in [0.25, 0.3) is 22.3 Å². The molecule has 1 aliphatic heterocycles. The first-order chi connectivity index (χ1) is 16.8. The molecule has 5 rings (SSSR count). The van der Waals surface area contributed by atoms with E-state index in [0.29, 0.717) is 28.8 Å². The van der Waals surface area contributed by atoms with Crippen molar-refractivity contribution in [3.63, 3.8) is 0 Å². The summed E-state index contributed by atoms with van der Waals surface area (Å²) in [6, 6.07) is 7.35. The van der Waals surface area contributed by atoms with Crippen LogP contribution in [-0.4, -0.2) is 50.7 Å². The van der Waals surface area contributed by atoms with Crippen LogP contribution in [0, 0.1) is 18.6 Å². The van der Waals surface area contributed by atoms with Gasteiger partial charge in [-0.25, -0.2) is 28.7 Å². The molecule has 4 heterocycles. The van der Waals surface area contributed by atoms with Gasteiger partial charge in [0.15, 0.2) is 11.6 Å². The zero-order valence-corrected chi connectivity index (χ0v) is 20.2. The van der Waals surface area contributed by atoms with Gasteiger partial charge >= 0.3 is 0 Å². The molecule has 0 radical (unpaired) electrons. The lowest BCUT2D eigenvalue weighted by Gasteiger charge is -2.18. The highest BCUT2D eigenvalue weighted by molar-refractivity contribution is 5.83. The Morgan fingerprint density at radius 2 is 1.89 bits per heavy atom. The van der Waals surface area contributed by atoms with Gasteiger partial charge in [-0.3, -0.25) is 0 Å². The van der Waals surface area contributed by atoms with E-state index in [1.807, 2.05) is 44.5 Å². The zero-order chi connectivity index (χ0) is 24.7. The van der Waals surface area contributed by atoms with E-state index in [-0.39, 0.29) is 23.2 Å². The van der Waals surface area contributed by atoms with E-state index in [4.69, 9.17) is 0 Å². The number of benzene rings is 1. The largest absolute Gasteiger partial charge is 0.369 e. The summed E-state index contributed by atoms with van der Waals surface area (Å²) >= 11 is 0. The predicted octanol–water partition coefficient (Wildman–Crippen LogP) is 4.60. The average molecular weight is 479 g/mol. The molecule has 8 nitrogen and oxygen atoms in total. The van der Waals surface area contributed by atoms with Crippen LogP contribution in [0.4, 0.5) is 26.2 Å². The van der Waals surface area contributed by atoms with Gasteiger partial charge in [0, 0.05) is 30.7 Å². The number of hydrogen-bond donors (Lipinski definition) is 2. The fraction of sp³-hybridized carbons (Fsp3) is 0.360. The maximum absolute atomic E-state index is 14.9. The molecule has 4 aromatic rings. The maximum atomic E-state index is 14.9. The summed E-state index contributed by atoms with van der Waals surface area (Å²) in [7, 11) is 1.97. The molecule has 0 unspecified atom stereocenters. The summed E-state index contributed by atoms with van der Waals surface area (Å²) in [5.74, 6) is 0.240. The Morgan fingerprint density at radius 3 is 2.57 bits per heavy atom. The quantitative estimate of drug-likeness (QED) is 0.419. The van der Waals surface area contributed by atoms with Crippen LogP contribution in [0.2, 0.25) is 0 Å². The van der Waals surface area contributed by atoms with Gasteiger partial charge in [-0.15, -0.1) is 0 Å². The van der Waals surface area contributed by atoms with Crippen molar-refractivity contribution in [2.45, 2.75) is 39.3 Å². The first-order valence-corrected chi connectivity index (χ1v) is 11.7. The Morgan fingerprint density at radius 1 is 1.06 bits per heavy atom. The van der Waals surface area contributed by atoms with Gasteiger partial charge in [0.1, 0.15) is 22.9 Å². The van der Waals surface area contributed by atoms with Crippen LogP contribution in [-0.2, 0) is 0 Å². The number of fused-ring (bicyclic) bond motifs is 1. The molecule has 1 fully saturated rings. The second-order valence-corrected chi connectivity index (χ2v) is 9.09. The Bertz CT molecular complexity index is 1370. The summed E-state index contributed by atoms with van der Waals surface area (Å²) in [5, 5.41) is 6.33. The monoisotopic (exact) mass is 478 g/mol. The van der Waals surface area contributed by atoms with Gasteiger partial charge in [0.05, 0.1) is 23.6 Å². The van der Waals surface area contributed by atoms with Crippen LogP contribution >= 0.6 is 0 Å². The van der Waals surface area contributed by atoms with Gasteiger partial charge in [-0.1, -0.05) is 0 Å². The summed E-state index contributed by atoms with van der Waals surface area (Å²) in [6.07, 6.45) is 3.96. The standard InChI is InChI=1S/C25H28F2N8/c1-14(2)35-15(3)31-24-19(26)9-16(10-21(24)35)23-20(27)12-30-25(33-23)32-22-6-5-18(11-29-22)34-8-7-17(13-34)28-4/h5-6,9-12,14,17,28H,7-8,13H2,1-4H3,(H,29,30,32,33)/t17-/m1/s1. The SMILES string of the molecule is CN[C@@H]1CCN(c2ccc(Nc3ncc(F)c(-c4cc(F)c5nc(C)n(C(C)C)c5c4)n3)nc2)C1. The van der Waals surface area contributed by atoms with Crippen molar-refractivity contribution in [2.75, 3.05) is 30.4 Å². The number of pyridine rings is 1. The van der Waals surface area contributed by atoms with E-state index in [1.165, 1.54) is 6.07 Å². The topological polar surface area (TPSA) is 83.8 Å². The minimum Gasteiger partial charge on any atom is -0.369 e. The first kappa shape index (κ1) is 23.1.